The van der Waals surface area contributed by atoms with Gasteiger partial charge in [-0.15, -0.1) is 24.8 Å². The maximum absolute atomic E-state index is 12.6. The van der Waals surface area contributed by atoms with Crippen molar-refractivity contribution in [1.82, 2.24) is 19.9 Å². The molecule has 2 atom stereocenters. The first-order valence-electron chi connectivity index (χ1n) is 10.3. The SMILES string of the molecule is COc1ccc(-c2noc(CN3CCN(C(=O)C[C@@H]4CCC[C@H]4N)CC3)n2)cc1.Cl.Cl. The molecule has 2 N–H and O–H groups in total. The number of amides is 1. The summed E-state index contributed by atoms with van der Waals surface area (Å²) in [5.74, 6) is 2.55. The van der Waals surface area contributed by atoms with Crippen LogP contribution in [0.1, 0.15) is 31.6 Å². The van der Waals surface area contributed by atoms with Gasteiger partial charge in [-0.1, -0.05) is 11.6 Å². The van der Waals surface area contributed by atoms with Crippen LogP contribution < -0.4 is 10.5 Å². The molecular weight excluding hydrogens is 441 g/mol. The molecule has 0 radical (unpaired) electrons. The minimum Gasteiger partial charge on any atom is -0.497 e. The molecule has 8 nitrogen and oxygen atoms in total. The second-order valence-corrected chi connectivity index (χ2v) is 7.96. The molecule has 31 heavy (non-hydrogen) atoms. The lowest BCUT2D eigenvalue weighted by Crippen LogP contribution is -2.49. The van der Waals surface area contributed by atoms with E-state index >= 15 is 0 Å². The third-order valence-corrected chi connectivity index (χ3v) is 6.05. The maximum Gasteiger partial charge on any atom is 0.241 e. The zero-order valence-corrected chi connectivity index (χ0v) is 19.4. The average molecular weight is 472 g/mol. The smallest absolute Gasteiger partial charge is 0.241 e. The van der Waals surface area contributed by atoms with Gasteiger partial charge in [0.2, 0.25) is 17.6 Å². The van der Waals surface area contributed by atoms with Gasteiger partial charge in [0, 0.05) is 44.2 Å². The molecule has 1 aromatic heterocycles. The topological polar surface area (TPSA) is 97.7 Å². The highest BCUT2D eigenvalue weighted by Crippen LogP contribution is 2.27. The van der Waals surface area contributed by atoms with Crippen LogP contribution in [0.5, 0.6) is 5.75 Å². The van der Waals surface area contributed by atoms with Crippen molar-refractivity contribution in [1.29, 1.82) is 0 Å². The number of nitrogens with zero attached hydrogens (tertiary/aromatic N) is 4. The number of benzene rings is 1. The molecule has 2 fully saturated rings. The normalized spacial score (nSPS) is 21.3. The summed E-state index contributed by atoms with van der Waals surface area (Å²) < 4.78 is 10.6. The first-order chi connectivity index (χ1) is 14.1. The van der Waals surface area contributed by atoms with Crippen LogP contribution in [0.2, 0.25) is 0 Å². The van der Waals surface area contributed by atoms with E-state index in [9.17, 15) is 4.79 Å². The van der Waals surface area contributed by atoms with Gasteiger partial charge in [-0.3, -0.25) is 9.69 Å². The number of hydrogen-bond donors (Lipinski definition) is 1. The van der Waals surface area contributed by atoms with Crippen molar-refractivity contribution in [2.75, 3.05) is 33.3 Å². The molecule has 1 amide bonds. The van der Waals surface area contributed by atoms with Crippen molar-refractivity contribution in [3.05, 3.63) is 30.2 Å². The van der Waals surface area contributed by atoms with Gasteiger partial charge in [0.1, 0.15) is 5.75 Å². The van der Waals surface area contributed by atoms with E-state index in [1.807, 2.05) is 29.2 Å². The lowest BCUT2D eigenvalue weighted by Gasteiger charge is -2.34. The Hall–Kier alpha value is -1.87. The number of piperazine rings is 1. The number of halogens is 2. The fourth-order valence-electron chi connectivity index (χ4n) is 4.20. The van der Waals surface area contributed by atoms with E-state index in [1.54, 1.807) is 7.11 Å². The van der Waals surface area contributed by atoms with Crippen LogP contribution in [-0.4, -0.2) is 65.2 Å². The second-order valence-electron chi connectivity index (χ2n) is 7.96. The molecule has 1 aromatic carbocycles. The molecule has 2 heterocycles. The standard InChI is InChI=1S/C21H29N5O3.2ClH/c1-28-17-7-5-15(6-8-17)21-23-19(29-24-21)14-25-9-11-26(12-10-25)20(27)13-16-3-2-4-18(16)22;;/h5-8,16,18H,2-4,9-14,22H2,1H3;2*1H/t16-,18+;;/m0../s1. The van der Waals surface area contributed by atoms with Crippen molar-refractivity contribution < 1.29 is 14.1 Å². The molecule has 1 saturated heterocycles. The maximum atomic E-state index is 12.6. The van der Waals surface area contributed by atoms with E-state index in [0.29, 0.717) is 30.6 Å². The summed E-state index contributed by atoms with van der Waals surface area (Å²) in [5.41, 5.74) is 7.00. The summed E-state index contributed by atoms with van der Waals surface area (Å²) in [6.45, 7) is 3.69. The Bertz CT molecular complexity index is 825. The largest absolute Gasteiger partial charge is 0.497 e. The van der Waals surface area contributed by atoms with Gasteiger partial charge in [-0.25, -0.2) is 0 Å². The van der Waals surface area contributed by atoms with E-state index in [4.69, 9.17) is 15.0 Å². The molecule has 172 valence electrons. The predicted molar refractivity (Wildman–Crippen MR) is 123 cm³/mol. The number of methoxy groups -OCH3 is 1. The Kier molecular flexibility index (Phi) is 9.55. The van der Waals surface area contributed by atoms with Crippen molar-refractivity contribution in [3.63, 3.8) is 0 Å². The van der Waals surface area contributed by atoms with Crippen molar-refractivity contribution in [3.8, 4) is 17.1 Å². The van der Waals surface area contributed by atoms with Crippen molar-refractivity contribution >= 4 is 30.7 Å². The molecule has 2 aromatic rings. The monoisotopic (exact) mass is 471 g/mol. The number of aromatic nitrogens is 2. The molecule has 0 bridgehead atoms. The first kappa shape index (κ1) is 25.4. The number of rotatable bonds is 6. The zero-order valence-electron chi connectivity index (χ0n) is 17.7. The van der Waals surface area contributed by atoms with Gasteiger partial charge in [0.15, 0.2) is 0 Å². The first-order valence-corrected chi connectivity index (χ1v) is 10.3. The molecular formula is C21H31Cl2N5O3. The average Bonchev–Trinajstić information content (AvgIpc) is 3.38. The Morgan fingerprint density at radius 1 is 1.16 bits per heavy atom. The van der Waals surface area contributed by atoms with Crippen LogP contribution in [0.25, 0.3) is 11.4 Å². The number of hydrogen-bond acceptors (Lipinski definition) is 7. The third kappa shape index (κ3) is 6.32. The summed E-state index contributed by atoms with van der Waals surface area (Å²) in [5, 5.41) is 4.09. The molecule has 2 aliphatic rings. The fourth-order valence-corrected chi connectivity index (χ4v) is 4.20. The summed E-state index contributed by atoms with van der Waals surface area (Å²) in [7, 11) is 1.64. The lowest BCUT2D eigenvalue weighted by atomic mass is 9.99. The van der Waals surface area contributed by atoms with Gasteiger partial charge in [0.25, 0.3) is 0 Å². The van der Waals surface area contributed by atoms with Gasteiger partial charge in [0.05, 0.1) is 13.7 Å². The van der Waals surface area contributed by atoms with Gasteiger partial charge in [-0.2, -0.15) is 4.98 Å². The third-order valence-electron chi connectivity index (χ3n) is 6.05. The molecule has 0 spiro atoms. The highest BCUT2D eigenvalue weighted by atomic mass is 35.5. The molecule has 0 unspecified atom stereocenters. The second kappa shape index (κ2) is 11.7. The molecule has 1 aliphatic heterocycles. The van der Waals surface area contributed by atoms with Crippen LogP contribution in [-0.2, 0) is 11.3 Å². The van der Waals surface area contributed by atoms with E-state index in [1.165, 1.54) is 0 Å². The predicted octanol–water partition coefficient (Wildman–Crippen LogP) is 2.75. The van der Waals surface area contributed by atoms with Crippen LogP contribution in [0, 0.1) is 5.92 Å². The van der Waals surface area contributed by atoms with Crippen molar-refractivity contribution in [2.45, 2.75) is 38.3 Å². The number of carbonyl (C=O) groups is 1. The van der Waals surface area contributed by atoms with Gasteiger partial charge < -0.3 is 19.9 Å². The molecule has 4 rings (SSSR count). The van der Waals surface area contributed by atoms with Crippen LogP contribution in [0.15, 0.2) is 28.8 Å². The summed E-state index contributed by atoms with van der Waals surface area (Å²) in [6, 6.07) is 7.76. The number of carbonyl (C=O) groups excluding carboxylic acids is 1. The van der Waals surface area contributed by atoms with Crippen LogP contribution in [0.4, 0.5) is 0 Å². The minimum absolute atomic E-state index is 0. The Morgan fingerprint density at radius 3 is 2.48 bits per heavy atom. The lowest BCUT2D eigenvalue weighted by molar-refractivity contribution is -0.134. The Balaban J connectivity index is 0.00000171. The Morgan fingerprint density at radius 2 is 1.87 bits per heavy atom. The highest BCUT2D eigenvalue weighted by Gasteiger charge is 2.29. The molecule has 10 heteroatoms. The minimum atomic E-state index is 0. The fraction of sp³-hybridized carbons (Fsp3) is 0.571. The summed E-state index contributed by atoms with van der Waals surface area (Å²) >= 11 is 0. The van der Waals surface area contributed by atoms with Crippen LogP contribution >= 0.6 is 24.8 Å². The Labute approximate surface area is 195 Å². The van der Waals surface area contributed by atoms with Gasteiger partial charge >= 0.3 is 0 Å². The van der Waals surface area contributed by atoms with E-state index in [0.717, 1.165) is 56.8 Å². The summed E-state index contributed by atoms with van der Waals surface area (Å²) in [6.07, 6.45) is 3.88. The summed E-state index contributed by atoms with van der Waals surface area (Å²) in [4.78, 5) is 21.3. The molecule has 1 aliphatic carbocycles. The van der Waals surface area contributed by atoms with E-state index < -0.39 is 0 Å². The van der Waals surface area contributed by atoms with E-state index in [-0.39, 0.29) is 36.8 Å². The number of nitrogens with two attached hydrogens (primary N) is 1. The van der Waals surface area contributed by atoms with Crippen molar-refractivity contribution in [2.24, 2.45) is 11.7 Å². The van der Waals surface area contributed by atoms with Gasteiger partial charge in [-0.05, 0) is 43.0 Å². The van der Waals surface area contributed by atoms with Crippen LogP contribution in [0.3, 0.4) is 0 Å². The molecule has 1 saturated carbocycles. The zero-order chi connectivity index (χ0) is 20.2. The quantitative estimate of drug-likeness (QED) is 0.691. The van der Waals surface area contributed by atoms with E-state index in [2.05, 4.69) is 15.0 Å². The number of ether oxygens (including phenoxy) is 1. The highest BCUT2D eigenvalue weighted by molar-refractivity contribution is 5.85.